The summed E-state index contributed by atoms with van der Waals surface area (Å²) in [5.74, 6) is 0. The third-order valence-electron chi connectivity index (χ3n) is 2.78. The Bertz CT molecular complexity index is 697. The summed E-state index contributed by atoms with van der Waals surface area (Å²) in [5, 5.41) is 4.55. The summed E-state index contributed by atoms with van der Waals surface area (Å²) < 4.78 is 1.37. The lowest BCUT2D eigenvalue weighted by atomic mass is 10.2. The van der Waals surface area contributed by atoms with Gasteiger partial charge in [-0.25, -0.2) is 9.97 Å². The molecule has 0 amide bonds. The molecule has 19 heavy (non-hydrogen) atoms. The summed E-state index contributed by atoms with van der Waals surface area (Å²) in [4.78, 5) is 7.97. The first-order chi connectivity index (χ1) is 9.43. The predicted octanol–water partition coefficient (Wildman–Crippen LogP) is 4.53. The molecule has 0 saturated heterocycles. The van der Waals surface area contributed by atoms with Gasteiger partial charge < -0.3 is 0 Å². The number of aromatic nitrogens is 2. The zero-order chi connectivity index (χ0) is 12.9. The molecule has 0 spiro atoms. The Labute approximate surface area is 115 Å². The topological polar surface area (TPSA) is 25.8 Å². The number of hydrogen-bond acceptors (Lipinski definition) is 3. The van der Waals surface area contributed by atoms with E-state index in [1.807, 2.05) is 30.5 Å². The molecule has 0 N–H and O–H groups in total. The molecule has 2 aromatic heterocycles. The van der Waals surface area contributed by atoms with Crippen LogP contribution < -0.4 is 0 Å². The van der Waals surface area contributed by atoms with Crippen LogP contribution in [0.2, 0.25) is 0 Å². The maximum absolute atomic E-state index is 4.07. The molecule has 92 valence electrons. The second kappa shape index (κ2) is 5.59. The number of hydrogen-bond donors (Lipinski definition) is 0. The smallest absolute Gasteiger partial charge is 0.116 e. The van der Waals surface area contributed by atoms with Gasteiger partial charge in [0.1, 0.15) is 6.33 Å². The third-order valence-corrected chi connectivity index (χ3v) is 3.67. The molecule has 0 unspecified atom stereocenters. The van der Waals surface area contributed by atoms with Gasteiger partial charge in [-0.15, -0.1) is 11.3 Å². The Morgan fingerprint density at radius 3 is 2.42 bits per heavy atom. The van der Waals surface area contributed by atoms with Crippen molar-refractivity contribution in [1.29, 1.82) is 0 Å². The molecule has 3 heteroatoms. The number of thiophene rings is 1. The van der Waals surface area contributed by atoms with Crippen molar-refractivity contribution in [2.45, 2.75) is 0 Å². The van der Waals surface area contributed by atoms with E-state index in [0.29, 0.717) is 0 Å². The molecule has 4 rings (SSSR count). The van der Waals surface area contributed by atoms with Gasteiger partial charge in [-0.2, -0.15) is 0 Å². The standard InChI is InChI=1S/C8H6N2.C8H6S/c1-2-4-8-7(3-1)5-9-6-10-8;1-2-4-8-7(3-1)5-6-9-8/h1-6H;1-6H. The van der Waals surface area contributed by atoms with E-state index in [1.165, 1.54) is 10.1 Å². The fourth-order valence-corrected chi connectivity index (χ4v) is 2.62. The highest BCUT2D eigenvalue weighted by molar-refractivity contribution is 7.17. The third kappa shape index (κ3) is 2.77. The van der Waals surface area contributed by atoms with Crippen molar-refractivity contribution < 1.29 is 0 Å². The van der Waals surface area contributed by atoms with E-state index in [4.69, 9.17) is 0 Å². The molecule has 0 radical (unpaired) electrons. The van der Waals surface area contributed by atoms with Crippen LogP contribution in [0.5, 0.6) is 0 Å². The lowest BCUT2D eigenvalue weighted by Gasteiger charge is -1.90. The first kappa shape index (κ1) is 11.8. The minimum absolute atomic E-state index is 0.998. The molecule has 0 aliphatic rings. The Kier molecular flexibility index (Phi) is 3.47. The molecule has 0 bridgehead atoms. The minimum Gasteiger partial charge on any atom is -0.244 e. The van der Waals surface area contributed by atoms with Gasteiger partial charge in [0.15, 0.2) is 0 Å². The van der Waals surface area contributed by atoms with Gasteiger partial charge in [-0.3, -0.25) is 0 Å². The molecule has 2 nitrogen and oxygen atoms in total. The van der Waals surface area contributed by atoms with Crippen molar-refractivity contribution in [3.05, 3.63) is 72.5 Å². The zero-order valence-corrected chi connectivity index (χ0v) is 11.0. The number of para-hydroxylation sites is 1. The zero-order valence-electron chi connectivity index (χ0n) is 10.2. The SMILES string of the molecule is c1ccc2ncncc2c1.c1ccc2sccc2c1. The summed E-state index contributed by atoms with van der Waals surface area (Å²) in [7, 11) is 0. The molecular formula is C16H12N2S. The van der Waals surface area contributed by atoms with Crippen molar-refractivity contribution in [3.63, 3.8) is 0 Å². The quantitative estimate of drug-likeness (QED) is 0.466. The average molecular weight is 264 g/mol. The maximum atomic E-state index is 4.07. The van der Waals surface area contributed by atoms with Crippen molar-refractivity contribution in [1.82, 2.24) is 9.97 Å². The maximum Gasteiger partial charge on any atom is 0.116 e. The van der Waals surface area contributed by atoms with Crippen LogP contribution in [0.4, 0.5) is 0 Å². The highest BCUT2D eigenvalue weighted by Gasteiger charge is 1.88. The van der Waals surface area contributed by atoms with Crippen molar-refractivity contribution in [3.8, 4) is 0 Å². The van der Waals surface area contributed by atoms with E-state index in [0.717, 1.165) is 10.9 Å². The molecule has 0 atom stereocenters. The molecule has 4 aromatic rings. The molecule has 0 saturated carbocycles. The van der Waals surface area contributed by atoms with Crippen LogP contribution in [-0.2, 0) is 0 Å². The molecular weight excluding hydrogens is 252 g/mol. The minimum atomic E-state index is 0.998. The summed E-state index contributed by atoms with van der Waals surface area (Å²) in [6, 6.07) is 18.5. The van der Waals surface area contributed by atoms with E-state index in [2.05, 4.69) is 45.7 Å². The first-order valence-corrected chi connectivity index (χ1v) is 6.88. The highest BCUT2D eigenvalue weighted by atomic mass is 32.1. The summed E-state index contributed by atoms with van der Waals surface area (Å²) >= 11 is 1.79. The van der Waals surface area contributed by atoms with Gasteiger partial charge in [-0.1, -0.05) is 36.4 Å². The molecule has 0 fully saturated rings. The van der Waals surface area contributed by atoms with E-state index in [9.17, 15) is 0 Å². The fraction of sp³-hybridized carbons (Fsp3) is 0. The van der Waals surface area contributed by atoms with Gasteiger partial charge in [-0.05, 0) is 29.0 Å². The lowest BCUT2D eigenvalue weighted by Crippen LogP contribution is -1.77. The monoisotopic (exact) mass is 264 g/mol. The lowest BCUT2D eigenvalue weighted by molar-refractivity contribution is 1.22. The number of nitrogens with zero attached hydrogens (tertiary/aromatic N) is 2. The van der Waals surface area contributed by atoms with Gasteiger partial charge in [0.05, 0.1) is 5.52 Å². The van der Waals surface area contributed by atoms with Crippen molar-refractivity contribution >= 4 is 32.3 Å². The second-order valence-corrected chi connectivity index (χ2v) is 4.99. The van der Waals surface area contributed by atoms with Gasteiger partial charge >= 0.3 is 0 Å². The molecule has 2 heterocycles. The highest BCUT2D eigenvalue weighted by Crippen LogP contribution is 2.18. The molecule has 0 aliphatic carbocycles. The predicted molar refractivity (Wildman–Crippen MR) is 81.4 cm³/mol. The summed E-state index contributed by atoms with van der Waals surface area (Å²) in [6.07, 6.45) is 3.37. The van der Waals surface area contributed by atoms with Gasteiger partial charge in [0.2, 0.25) is 0 Å². The van der Waals surface area contributed by atoms with E-state index >= 15 is 0 Å². The van der Waals surface area contributed by atoms with Crippen molar-refractivity contribution in [2.75, 3.05) is 0 Å². The Hall–Kier alpha value is -2.26. The van der Waals surface area contributed by atoms with Crippen LogP contribution in [0.25, 0.3) is 21.0 Å². The van der Waals surface area contributed by atoms with Gasteiger partial charge in [0.25, 0.3) is 0 Å². The Balaban J connectivity index is 0.000000117. The normalized spacial score (nSPS) is 10.1. The summed E-state index contributed by atoms with van der Waals surface area (Å²) in [5.41, 5.74) is 0.998. The average Bonchev–Trinajstić information content (AvgIpc) is 2.96. The molecule has 0 aliphatic heterocycles. The largest absolute Gasteiger partial charge is 0.244 e. The van der Waals surface area contributed by atoms with Crippen LogP contribution in [-0.4, -0.2) is 9.97 Å². The van der Waals surface area contributed by atoms with Crippen LogP contribution >= 0.6 is 11.3 Å². The van der Waals surface area contributed by atoms with E-state index < -0.39 is 0 Å². The van der Waals surface area contributed by atoms with Crippen molar-refractivity contribution in [2.24, 2.45) is 0 Å². The van der Waals surface area contributed by atoms with Crippen LogP contribution in [0.1, 0.15) is 0 Å². The van der Waals surface area contributed by atoms with E-state index in [1.54, 1.807) is 17.7 Å². The van der Waals surface area contributed by atoms with Crippen LogP contribution in [0, 0.1) is 0 Å². The van der Waals surface area contributed by atoms with E-state index in [-0.39, 0.29) is 0 Å². The Morgan fingerprint density at radius 2 is 1.58 bits per heavy atom. The first-order valence-electron chi connectivity index (χ1n) is 6.00. The number of benzene rings is 2. The summed E-state index contributed by atoms with van der Waals surface area (Å²) in [6.45, 7) is 0. The molecule has 2 aromatic carbocycles. The number of fused-ring (bicyclic) bond motifs is 2. The fourth-order valence-electron chi connectivity index (χ4n) is 1.83. The van der Waals surface area contributed by atoms with Gasteiger partial charge in [0, 0.05) is 16.3 Å². The van der Waals surface area contributed by atoms with Crippen LogP contribution in [0.15, 0.2) is 72.5 Å². The Morgan fingerprint density at radius 1 is 0.789 bits per heavy atom. The number of rotatable bonds is 0. The second-order valence-electron chi connectivity index (χ2n) is 4.04. The van der Waals surface area contributed by atoms with Crippen LogP contribution in [0.3, 0.4) is 0 Å².